The molecule has 0 atom stereocenters. The van der Waals surface area contributed by atoms with E-state index in [-0.39, 0.29) is 5.56 Å². The zero-order chi connectivity index (χ0) is 19.1. The SMILES string of the molecule is Cc1ccc(Nc2ccc(NCCNC(=O)c3ccncc3F)nn2)nc1. The highest BCUT2D eigenvalue weighted by molar-refractivity contribution is 5.94. The summed E-state index contributed by atoms with van der Waals surface area (Å²) in [6.45, 7) is 2.68. The molecule has 1 amide bonds. The molecule has 3 aromatic heterocycles. The molecule has 3 N–H and O–H groups in total. The Hall–Kier alpha value is -3.62. The number of hydrogen-bond acceptors (Lipinski definition) is 7. The average molecular weight is 367 g/mol. The normalized spacial score (nSPS) is 10.3. The van der Waals surface area contributed by atoms with E-state index in [1.807, 2.05) is 19.1 Å². The standard InChI is InChI=1S/C18H18FN7O/c1-12-2-3-15(23-10-12)24-17-5-4-16(25-26-17)21-8-9-22-18(27)13-6-7-20-11-14(13)19/h2-7,10-11H,8-9H2,1H3,(H,21,25)(H,22,27)(H,23,24,26). The van der Waals surface area contributed by atoms with Crippen molar-refractivity contribution in [2.45, 2.75) is 6.92 Å². The molecule has 138 valence electrons. The van der Waals surface area contributed by atoms with E-state index in [0.717, 1.165) is 11.8 Å². The van der Waals surface area contributed by atoms with Gasteiger partial charge in [-0.2, -0.15) is 0 Å². The number of amides is 1. The monoisotopic (exact) mass is 367 g/mol. The van der Waals surface area contributed by atoms with Gasteiger partial charge >= 0.3 is 0 Å². The van der Waals surface area contributed by atoms with Crippen LogP contribution in [0.15, 0.2) is 48.9 Å². The number of rotatable bonds is 7. The van der Waals surface area contributed by atoms with Gasteiger partial charge in [-0.1, -0.05) is 6.07 Å². The van der Waals surface area contributed by atoms with Gasteiger partial charge in [-0.3, -0.25) is 9.78 Å². The molecule has 0 bridgehead atoms. The molecule has 0 saturated heterocycles. The van der Waals surface area contributed by atoms with Crippen molar-refractivity contribution in [3.05, 3.63) is 65.9 Å². The molecule has 3 rings (SSSR count). The minimum atomic E-state index is -0.653. The molecular weight excluding hydrogens is 349 g/mol. The molecule has 0 aliphatic carbocycles. The minimum absolute atomic E-state index is 0.0371. The number of carbonyl (C=O) groups excluding carboxylic acids is 1. The molecule has 0 aliphatic rings. The minimum Gasteiger partial charge on any atom is -0.367 e. The van der Waals surface area contributed by atoms with Gasteiger partial charge in [0, 0.05) is 25.5 Å². The fourth-order valence-electron chi connectivity index (χ4n) is 2.19. The van der Waals surface area contributed by atoms with Crippen molar-refractivity contribution < 1.29 is 9.18 Å². The second-order valence-electron chi connectivity index (χ2n) is 5.69. The largest absolute Gasteiger partial charge is 0.367 e. The number of nitrogens with one attached hydrogen (secondary N) is 3. The molecule has 0 unspecified atom stereocenters. The lowest BCUT2D eigenvalue weighted by atomic mass is 10.2. The Morgan fingerprint density at radius 2 is 1.78 bits per heavy atom. The zero-order valence-corrected chi connectivity index (χ0v) is 14.6. The average Bonchev–Trinajstić information content (AvgIpc) is 2.68. The van der Waals surface area contributed by atoms with Gasteiger partial charge in [0.2, 0.25) is 0 Å². The molecule has 0 aromatic carbocycles. The predicted octanol–water partition coefficient (Wildman–Crippen LogP) is 2.30. The van der Waals surface area contributed by atoms with Crippen molar-refractivity contribution in [3.8, 4) is 0 Å². The first-order valence-electron chi connectivity index (χ1n) is 8.27. The zero-order valence-electron chi connectivity index (χ0n) is 14.6. The van der Waals surface area contributed by atoms with Crippen LogP contribution in [0.25, 0.3) is 0 Å². The first-order valence-corrected chi connectivity index (χ1v) is 8.27. The second kappa shape index (κ2) is 8.65. The van der Waals surface area contributed by atoms with Gasteiger partial charge in [-0.25, -0.2) is 9.37 Å². The Kier molecular flexibility index (Phi) is 5.83. The summed E-state index contributed by atoms with van der Waals surface area (Å²) in [5.41, 5.74) is 1.04. The lowest BCUT2D eigenvalue weighted by molar-refractivity contribution is 0.0951. The Bertz CT molecular complexity index is 900. The van der Waals surface area contributed by atoms with E-state index in [1.54, 1.807) is 18.3 Å². The van der Waals surface area contributed by atoms with Gasteiger partial charge in [-0.05, 0) is 36.8 Å². The number of nitrogens with zero attached hydrogens (tertiary/aromatic N) is 4. The van der Waals surface area contributed by atoms with E-state index in [4.69, 9.17) is 0 Å². The number of hydrogen-bond donors (Lipinski definition) is 3. The maximum atomic E-state index is 13.5. The Morgan fingerprint density at radius 1 is 1.00 bits per heavy atom. The first kappa shape index (κ1) is 18.2. The smallest absolute Gasteiger partial charge is 0.254 e. The van der Waals surface area contributed by atoms with E-state index < -0.39 is 11.7 Å². The quantitative estimate of drug-likeness (QED) is 0.550. The summed E-state index contributed by atoms with van der Waals surface area (Å²) in [4.78, 5) is 19.7. The van der Waals surface area contributed by atoms with Crippen LogP contribution in [-0.2, 0) is 0 Å². The third-order valence-corrected chi connectivity index (χ3v) is 3.57. The Balaban J connectivity index is 1.44. The predicted molar refractivity (Wildman–Crippen MR) is 99.3 cm³/mol. The molecule has 0 aliphatic heterocycles. The fraction of sp³-hybridized carbons (Fsp3) is 0.167. The molecule has 0 saturated carbocycles. The van der Waals surface area contributed by atoms with Crippen LogP contribution >= 0.6 is 0 Å². The van der Waals surface area contributed by atoms with Crippen LogP contribution in [-0.4, -0.2) is 39.2 Å². The van der Waals surface area contributed by atoms with Crippen molar-refractivity contribution in [1.29, 1.82) is 0 Å². The van der Waals surface area contributed by atoms with Gasteiger partial charge in [0.05, 0.1) is 11.8 Å². The lowest BCUT2D eigenvalue weighted by Crippen LogP contribution is -2.29. The summed E-state index contributed by atoms with van der Waals surface area (Å²) in [5, 5.41) is 16.8. The van der Waals surface area contributed by atoms with Crippen molar-refractivity contribution in [1.82, 2.24) is 25.5 Å². The van der Waals surface area contributed by atoms with Gasteiger partial charge in [0.1, 0.15) is 11.6 Å². The first-order chi connectivity index (χ1) is 13.1. The molecule has 3 heterocycles. The van der Waals surface area contributed by atoms with Crippen LogP contribution in [0.1, 0.15) is 15.9 Å². The third-order valence-electron chi connectivity index (χ3n) is 3.57. The van der Waals surface area contributed by atoms with Crippen LogP contribution in [0.3, 0.4) is 0 Å². The number of halogens is 1. The van der Waals surface area contributed by atoms with Crippen LogP contribution in [0, 0.1) is 12.7 Å². The Morgan fingerprint density at radius 3 is 2.48 bits per heavy atom. The lowest BCUT2D eigenvalue weighted by Gasteiger charge is -2.08. The number of pyridine rings is 2. The summed E-state index contributed by atoms with van der Waals surface area (Å²) in [7, 11) is 0. The maximum absolute atomic E-state index is 13.5. The molecule has 9 heteroatoms. The van der Waals surface area contributed by atoms with Gasteiger partial charge < -0.3 is 16.0 Å². The van der Waals surface area contributed by atoms with Gasteiger partial charge in [0.25, 0.3) is 5.91 Å². The van der Waals surface area contributed by atoms with Gasteiger partial charge in [-0.15, -0.1) is 10.2 Å². The molecular formula is C18H18FN7O. The van der Waals surface area contributed by atoms with Crippen molar-refractivity contribution in [3.63, 3.8) is 0 Å². The topological polar surface area (TPSA) is 105 Å². The van der Waals surface area contributed by atoms with E-state index in [9.17, 15) is 9.18 Å². The second-order valence-corrected chi connectivity index (χ2v) is 5.69. The number of anilines is 3. The summed E-state index contributed by atoms with van der Waals surface area (Å²) in [6.07, 6.45) is 4.13. The van der Waals surface area contributed by atoms with E-state index >= 15 is 0 Å². The summed E-state index contributed by atoms with van der Waals surface area (Å²) in [5.74, 6) is 0.662. The molecule has 8 nitrogen and oxygen atoms in total. The van der Waals surface area contributed by atoms with E-state index in [1.165, 1.54) is 12.3 Å². The van der Waals surface area contributed by atoms with Crippen molar-refractivity contribution in [2.75, 3.05) is 23.7 Å². The van der Waals surface area contributed by atoms with Crippen LogP contribution in [0.5, 0.6) is 0 Å². The highest BCUT2D eigenvalue weighted by Gasteiger charge is 2.10. The molecule has 3 aromatic rings. The summed E-state index contributed by atoms with van der Waals surface area (Å²) >= 11 is 0. The Labute approximate surface area is 155 Å². The van der Waals surface area contributed by atoms with E-state index in [0.29, 0.717) is 30.5 Å². The highest BCUT2D eigenvalue weighted by Crippen LogP contribution is 2.12. The molecule has 0 fully saturated rings. The number of aryl methyl sites for hydroxylation is 1. The maximum Gasteiger partial charge on any atom is 0.254 e. The van der Waals surface area contributed by atoms with E-state index in [2.05, 4.69) is 36.1 Å². The third kappa shape index (κ3) is 5.18. The molecule has 0 radical (unpaired) electrons. The van der Waals surface area contributed by atoms with Crippen LogP contribution in [0.2, 0.25) is 0 Å². The van der Waals surface area contributed by atoms with Crippen molar-refractivity contribution in [2.24, 2.45) is 0 Å². The summed E-state index contributed by atoms with van der Waals surface area (Å²) < 4.78 is 13.5. The highest BCUT2D eigenvalue weighted by atomic mass is 19.1. The fourth-order valence-corrected chi connectivity index (χ4v) is 2.19. The molecule has 0 spiro atoms. The number of carbonyl (C=O) groups is 1. The van der Waals surface area contributed by atoms with Crippen LogP contribution < -0.4 is 16.0 Å². The van der Waals surface area contributed by atoms with Gasteiger partial charge in [0.15, 0.2) is 11.6 Å². The number of aromatic nitrogens is 4. The van der Waals surface area contributed by atoms with Crippen LogP contribution in [0.4, 0.5) is 21.8 Å². The summed E-state index contributed by atoms with van der Waals surface area (Å²) in [6, 6.07) is 8.66. The molecule has 27 heavy (non-hydrogen) atoms. The van der Waals surface area contributed by atoms with Crippen molar-refractivity contribution >= 4 is 23.4 Å².